The van der Waals surface area contributed by atoms with Gasteiger partial charge < -0.3 is 14.6 Å². The lowest BCUT2D eigenvalue weighted by Crippen LogP contribution is -2.48. The second-order valence-corrected chi connectivity index (χ2v) is 8.56. The Labute approximate surface area is 149 Å². The minimum absolute atomic E-state index is 0.199. The highest BCUT2D eigenvalue weighted by Gasteiger charge is 2.42. The molecule has 0 radical (unpaired) electrons. The van der Waals surface area contributed by atoms with Crippen molar-refractivity contribution in [3.05, 3.63) is 29.5 Å². The van der Waals surface area contributed by atoms with Crippen LogP contribution in [-0.2, 0) is 11.2 Å². The second kappa shape index (κ2) is 5.69. The number of aromatic nitrogens is 1. The number of piperidine rings is 1. The molecule has 4 rings (SSSR count). The molecule has 0 saturated carbocycles. The summed E-state index contributed by atoms with van der Waals surface area (Å²) in [5.41, 5.74) is 3.77. The summed E-state index contributed by atoms with van der Waals surface area (Å²) in [5.74, 6) is 1.72. The van der Waals surface area contributed by atoms with Crippen LogP contribution in [0, 0.1) is 5.92 Å². The summed E-state index contributed by atoms with van der Waals surface area (Å²) >= 11 is 2.51. The van der Waals surface area contributed by atoms with Gasteiger partial charge in [0, 0.05) is 33.5 Å². The lowest BCUT2D eigenvalue weighted by molar-refractivity contribution is -0.139. The van der Waals surface area contributed by atoms with Gasteiger partial charge in [0.1, 0.15) is 5.75 Å². The average molecular weight is 424 g/mol. The number of H-pyrrole nitrogens is 1. The van der Waals surface area contributed by atoms with Crippen LogP contribution < -0.4 is 4.74 Å². The quantitative estimate of drug-likeness (QED) is 0.589. The Balaban J connectivity index is 1.87. The van der Waals surface area contributed by atoms with Crippen LogP contribution in [0.2, 0.25) is 0 Å². The highest BCUT2D eigenvalue weighted by molar-refractivity contribution is 14.1. The number of aromatic amines is 1. The molecule has 4 nitrogen and oxygen atoms in total. The number of carbonyl (C=O) groups excluding carboxylic acids is 1. The maximum absolute atomic E-state index is 12.4. The number of hydrogen-bond donors (Lipinski definition) is 1. The zero-order valence-electron chi connectivity index (χ0n) is 13.4. The molecular formula is C18H21IN2O2. The highest BCUT2D eigenvalue weighted by atomic mass is 127. The van der Waals surface area contributed by atoms with Crippen LogP contribution in [0.3, 0.4) is 0 Å². The third-order valence-electron chi connectivity index (χ3n) is 5.39. The fraction of sp³-hybridized carbons (Fsp3) is 0.500. The van der Waals surface area contributed by atoms with Gasteiger partial charge in [-0.15, -0.1) is 0 Å². The molecule has 1 aromatic heterocycles. The Hall–Kier alpha value is -1.24. The molecule has 1 N–H and O–H groups in total. The van der Waals surface area contributed by atoms with Crippen molar-refractivity contribution in [2.24, 2.45) is 5.92 Å². The first-order chi connectivity index (χ1) is 11.1. The molecule has 2 aromatic rings. The molecule has 1 amide bonds. The summed E-state index contributed by atoms with van der Waals surface area (Å²) in [6, 6.07) is 6.40. The molecule has 1 fully saturated rings. The van der Waals surface area contributed by atoms with E-state index in [4.69, 9.17) is 4.74 Å². The van der Waals surface area contributed by atoms with Crippen molar-refractivity contribution in [2.75, 3.05) is 13.7 Å². The predicted molar refractivity (Wildman–Crippen MR) is 99.2 cm³/mol. The molecule has 3 atom stereocenters. The minimum atomic E-state index is 0.199. The molecule has 0 aliphatic carbocycles. The summed E-state index contributed by atoms with van der Waals surface area (Å²) in [6.45, 7) is 3.10. The van der Waals surface area contributed by atoms with Crippen molar-refractivity contribution >= 4 is 39.4 Å². The van der Waals surface area contributed by atoms with Crippen LogP contribution in [-0.4, -0.2) is 33.4 Å². The van der Waals surface area contributed by atoms with Crippen molar-refractivity contribution in [1.82, 2.24) is 9.88 Å². The first-order valence-corrected chi connectivity index (χ1v) is 9.46. The standard InChI is InChI=1S/C18H21IN2O2/c1-10(19)12-4-6-16(22)21-8-7-13-14-9-11(23-2)3-5-15(14)20-17(13)18(12)21/h3,5,9-10,12,18,20H,4,6-8H2,1-2H3. The van der Waals surface area contributed by atoms with E-state index in [-0.39, 0.29) is 6.04 Å². The van der Waals surface area contributed by atoms with Gasteiger partial charge in [-0.05, 0) is 42.5 Å². The van der Waals surface area contributed by atoms with Crippen LogP contribution in [0.4, 0.5) is 0 Å². The van der Waals surface area contributed by atoms with Crippen molar-refractivity contribution < 1.29 is 9.53 Å². The van der Waals surface area contributed by atoms with E-state index in [2.05, 4.69) is 51.5 Å². The van der Waals surface area contributed by atoms with E-state index in [1.54, 1.807) is 7.11 Å². The van der Waals surface area contributed by atoms with Crippen LogP contribution in [0.5, 0.6) is 5.75 Å². The third-order valence-corrected chi connectivity index (χ3v) is 6.31. The van der Waals surface area contributed by atoms with Gasteiger partial charge in [-0.2, -0.15) is 0 Å². The summed E-state index contributed by atoms with van der Waals surface area (Å²) in [4.78, 5) is 18.1. The van der Waals surface area contributed by atoms with Crippen LogP contribution in [0.25, 0.3) is 10.9 Å². The van der Waals surface area contributed by atoms with Gasteiger partial charge >= 0.3 is 0 Å². The largest absolute Gasteiger partial charge is 0.497 e. The van der Waals surface area contributed by atoms with Crippen molar-refractivity contribution in [3.63, 3.8) is 0 Å². The molecule has 3 heterocycles. The summed E-state index contributed by atoms with van der Waals surface area (Å²) in [7, 11) is 1.70. The molecule has 1 aromatic carbocycles. The number of rotatable bonds is 2. The number of nitrogens with one attached hydrogen (secondary N) is 1. The monoisotopic (exact) mass is 424 g/mol. The molecule has 5 heteroatoms. The fourth-order valence-electron chi connectivity index (χ4n) is 4.22. The van der Waals surface area contributed by atoms with Crippen LogP contribution >= 0.6 is 22.6 Å². The van der Waals surface area contributed by atoms with E-state index in [1.165, 1.54) is 16.6 Å². The molecule has 3 unspecified atom stereocenters. The highest BCUT2D eigenvalue weighted by Crippen LogP contribution is 2.45. The maximum Gasteiger partial charge on any atom is 0.223 e. The lowest BCUT2D eigenvalue weighted by Gasteiger charge is -2.45. The van der Waals surface area contributed by atoms with Gasteiger partial charge in [-0.25, -0.2) is 0 Å². The van der Waals surface area contributed by atoms with Gasteiger partial charge in [0.15, 0.2) is 0 Å². The minimum Gasteiger partial charge on any atom is -0.497 e. The van der Waals surface area contributed by atoms with Crippen LogP contribution in [0.1, 0.15) is 37.1 Å². The van der Waals surface area contributed by atoms with Gasteiger partial charge in [0.2, 0.25) is 5.91 Å². The number of ether oxygens (including phenoxy) is 1. The van der Waals surface area contributed by atoms with Gasteiger partial charge in [-0.3, -0.25) is 4.79 Å². The molecule has 122 valence electrons. The normalized spacial score (nSPS) is 25.2. The molecular weight excluding hydrogens is 403 g/mol. The third kappa shape index (κ3) is 2.35. The van der Waals surface area contributed by atoms with E-state index in [1.807, 2.05) is 6.07 Å². The smallest absolute Gasteiger partial charge is 0.223 e. The number of nitrogens with zero attached hydrogens (tertiary/aromatic N) is 1. The second-order valence-electron chi connectivity index (χ2n) is 6.59. The number of fused-ring (bicyclic) bond motifs is 5. The van der Waals surface area contributed by atoms with E-state index < -0.39 is 0 Å². The number of hydrogen-bond acceptors (Lipinski definition) is 2. The van der Waals surface area contributed by atoms with Gasteiger partial charge in [0.05, 0.1) is 13.2 Å². The number of carbonyl (C=O) groups is 1. The molecule has 1 saturated heterocycles. The Morgan fingerprint density at radius 3 is 2.96 bits per heavy atom. The number of benzene rings is 1. The average Bonchev–Trinajstić information content (AvgIpc) is 2.92. The lowest BCUT2D eigenvalue weighted by atomic mass is 9.81. The number of amides is 1. The molecule has 0 spiro atoms. The van der Waals surface area contributed by atoms with Crippen molar-refractivity contribution in [2.45, 2.75) is 36.2 Å². The van der Waals surface area contributed by atoms with E-state index in [0.717, 1.165) is 30.7 Å². The Kier molecular flexibility index (Phi) is 3.78. The first kappa shape index (κ1) is 15.3. The number of methoxy groups -OCH3 is 1. The van der Waals surface area contributed by atoms with Crippen LogP contribution in [0.15, 0.2) is 18.2 Å². The Bertz CT molecular complexity index is 768. The van der Waals surface area contributed by atoms with Gasteiger partial charge in [-0.1, -0.05) is 29.5 Å². The Morgan fingerprint density at radius 2 is 2.22 bits per heavy atom. The summed E-state index contributed by atoms with van der Waals surface area (Å²) < 4.78 is 5.93. The predicted octanol–water partition coefficient (Wildman–Crippen LogP) is 3.84. The topological polar surface area (TPSA) is 45.3 Å². The SMILES string of the molecule is COc1ccc2[nH]c3c(c2c1)CCN1C(=O)CCC(C(C)I)C31. The molecule has 2 aliphatic rings. The first-order valence-electron chi connectivity index (χ1n) is 8.22. The zero-order chi connectivity index (χ0) is 16.1. The zero-order valence-corrected chi connectivity index (χ0v) is 15.6. The fourth-order valence-corrected chi connectivity index (χ4v) is 4.97. The molecule has 0 bridgehead atoms. The van der Waals surface area contributed by atoms with Gasteiger partial charge in [0.25, 0.3) is 0 Å². The number of halogens is 1. The van der Waals surface area contributed by atoms with E-state index >= 15 is 0 Å². The molecule has 23 heavy (non-hydrogen) atoms. The summed E-state index contributed by atoms with van der Waals surface area (Å²) in [5, 5.41) is 1.25. The maximum atomic E-state index is 12.4. The van der Waals surface area contributed by atoms with Crippen molar-refractivity contribution in [3.8, 4) is 5.75 Å². The summed E-state index contributed by atoms with van der Waals surface area (Å²) in [6.07, 6.45) is 2.60. The molecule has 2 aliphatic heterocycles. The van der Waals surface area contributed by atoms with Crippen molar-refractivity contribution in [1.29, 1.82) is 0 Å². The Morgan fingerprint density at radius 1 is 1.39 bits per heavy atom. The van der Waals surface area contributed by atoms with E-state index in [9.17, 15) is 4.79 Å². The van der Waals surface area contributed by atoms with E-state index in [0.29, 0.717) is 22.2 Å². The number of alkyl halides is 1.